The van der Waals surface area contributed by atoms with E-state index in [0.29, 0.717) is 13.2 Å². The lowest BCUT2D eigenvalue weighted by Gasteiger charge is -2.40. The van der Waals surface area contributed by atoms with Crippen LogP contribution in [0.25, 0.3) is 22.2 Å². The van der Waals surface area contributed by atoms with Crippen molar-refractivity contribution in [3.05, 3.63) is 37.2 Å². The maximum atomic E-state index is 11.1. The molecule has 0 aliphatic carbocycles. The lowest BCUT2D eigenvalue weighted by molar-refractivity contribution is 0.162. The minimum absolute atomic E-state index is 0.259. The van der Waals surface area contributed by atoms with Crippen molar-refractivity contribution in [3.8, 4) is 11.1 Å². The number of aromatic amines is 1. The Morgan fingerprint density at radius 2 is 2.28 bits per heavy atom. The van der Waals surface area contributed by atoms with Crippen LogP contribution in [0.3, 0.4) is 0 Å². The maximum absolute atomic E-state index is 11.1. The molecular formula is C20H24BN6O2. The number of hydrogen-bond donors (Lipinski definition) is 1. The van der Waals surface area contributed by atoms with Gasteiger partial charge in [-0.3, -0.25) is 0 Å². The highest BCUT2D eigenvalue weighted by atomic mass is 16.5. The summed E-state index contributed by atoms with van der Waals surface area (Å²) >= 11 is 0. The van der Waals surface area contributed by atoms with Gasteiger partial charge < -0.3 is 24.2 Å². The second-order valence-electron chi connectivity index (χ2n) is 7.14. The molecule has 29 heavy (non-hydrogen) atoms. The number of H-pyrrole nitrogens is 1. The van der Waals surface area contributed by atoms with E-state index < -0.39 is 0 Å². The van der Waals surface area contributed by atoms with Gasteiger partial charge >= 0.3 is 0 Å². The highest BCUT2D eigenvalue weighted by Gasteiger charge is 2.27. The molecule has 0 bridgehead atoms. The quantitative estimate of drug-likeness (QED) is 0.462. The van der Waals surface area contributed by atoms with Crippen molar-refractivity contribution < 1.29 is 9.53 Å². The zero-order valence-corrected chi connectivity index (χ0v) is 16.5. The van der Waals surface area contributed by atoms with Gasteiger partial charge in [0.1, 0.15) is 12.0 Å². The number of piperidine rings is 1. The number of anilines is 1. The largest absolute Gasteiger partial charge is 0.383 e. The number of methoxy groups -OCH3 is 1. The molecule has 0 spiro atoms. The maximum Gasteiger partial charge on any atom is 0.293 e. The number of fused-ring (bicyclic) bond motifs is 1. The Hall–Kier alpha value is -2.78. The molecule has 0 unspecified atom stereocenters. The number of ether oxygens (including phenoxy) is 1. The van der Waals surface area contributed by atoms with Crippen molar-refractivity contribution in [2.24, 2.45) is 0 Å². The Kier molecular flexibility index (Phi) is 6.16. The molecule has 4 rings (SSSR count). The standard InChI is InChI=1S/C20H24BN6O2/c1-29-8-7-27(21-13-28)16-3-2-6-26(12-16)18-4-5-24-20-19(18)17(11-25-20)15-9-22-14-23-10-15/h4-5,9-11,13-14,16H,2-3,6-8,12H2,1H3,(H,24,25)/t16-/m0/s1. The first kappa shape index (κ1) is 19.5. The van der Waals surface area contributed by atoms with E-state index in [0.717, 1.165) is 60.0 Å². The molecule has 9 heteroatoms. The summed E-state index contributed by atoms with van der Waals surface area (Å²) in [5.74, 6) is 0. The number of carbonyl (C=O) groups excluding carboxylic acids is 1. The zero-order chi connectivity index (χ0) is 20.1. The number of hydrogen-bond acceptors (Lipinski definition) is 7. The van der Waals surface area contributed by atoms with Gasteiger partial charge in [0, 0.05) is 74.4 Å². The number of carbonyl (C=O) groups is 1. The van der Waals surface area contributed by atoms with Crippen LogP contribution >= 0.6 is 0 Å². The average Bonchev–Trinajstić information content (AvgIpc) is 3.22. The minimum Gasteiger partial charge on any atom is -0.383 e. The molecule has 1 saturated heterocycles. The molecule has 1 atom stereocenters. The predicted octanol–water partition coefficient (Wildman–Crippen LogP) is 1.75. The predicted molar refractivity (Wildman–Crippen MR) is 113 cm³/mol. The van der Waals surface area contributed by atoms with Crippen LogP contribution < -0.4 is 4.90 Å². The molecule has 0 aromatic carbocycles. The van der Waals surface area contributed by atoms with E-state index in [2.05, 4.69) is 35.7 Å². The number of aromatic nitrogens is 4. The van der Waals surface area contributed by atoms with Crippen LogP contribution in [-0.4, -0.2) is 77.7 Å². The van der Waals surface area contributed by atoms with Crippen LogP contribution in [0.4, 0.5) is 5.69 Å². The van der Waals surface area contributed by atoms with Gasteiger partial charge in [-0.05, 0) is 18.9 Å². The van der Waals surface area contributed by atoms with Gasteiger partial charge in [-0.25, -0.2) is 15.0 Å². The molecule has 149 valence electrons. The second-order valence-corrected chi connectivity index (χ2v) is 7.14. The van der Waals surface area contributed by atoms with Crippen LogP contribution in [0, 0.1) is 0 Å². The van der Waals surface area contributed by atoms with Gasteiger partial charge in [0.2, 0.25) is 0 Å². The molecular weight excluding hydrogens is 367 g/mol. The van der Waals surface area contributed by atoms with Crippen molar-refractivity contribution in [2.45, 2.75) is 18.9 Å². The number of rotatable bonds is 8. The molecule has 8 nitrogen and oxygen atoms in total. The third kappa shape index (κ3) is 4.15. The Bertz CT molecular complexity index is 951. The van der Waals surface area contributed by atoms with Gasteiger partial charge in [-0.15, -0.1) is 0 Å². The molecule has 0 saturated carbocycles. The fourth-order valence-electron chi connectivity index (χ4n) is 4.07. The van der Waals surface area contributed by atoms with E-state index in [1.54, 1.807) is 14.5 Å². The molecule has 0 amide bonds. The summed E-state index contributed by atoms with van der Waals surface area (Å²) in [7, 11) is 3.32. The number of pyridine rings is 1. The highest BCUT2D eigenvalue weighted by molar-refractivity contribution is 6.64. The first-order valence-corrected chi connectivity index (χ1v) is 9.81. The summed E-state index contributed by atoms with van der Waals surface area (Å²) in [6.45, 7) is 3.10. The number of nitrogens with zero attached hydrogens (tertiary/aromatic N) is 5. The fourth-order valence-corrected chi connectivity index (χ4v) is 4.07. The van der Waals surface area contributed by atoms with Crippen LogP contribution in [0.1, 0.15) is 12.8 Å². The summed E-state index contributed by atoms with van der Waals surface area (Å²) in [6.07, 6.45) is 11.9. The SMILES string of the molecule is COCCN([B]C=O)[C@H]1CCCN(c2ccnc3[nH]cc(-c4cncnc4)c23)C1. The monoisotopic (exact) mass is 391 g/mol. The van der Waals surface area contributed by atoms with Gasteiger partial charge in [0.15, 0.2) is 0 Å². The Morgan fingerprint density at radius 3 is 3.07 bits per heavy atom. The van der Waals surface area contributed by atoms with Crippen LogP contribution in [0.5, 0.6) is 0 Å². The first-order valence-electron chi connectivity index (χ1n) is 9.81. The van der Waals surface area contributed by atoms with Crippen LogP contribution in [0.2, 0.25) is 0 Å². The normalized spacial score (nSPS) is 17.0. The highest BCUT2D eigenvalue weighted by Crippen LogP contribution is 2.35. The lowest BCUT2D eigenvalue weighted by atomic mass is 9.88. The molecule has 1 fully saturated rings. The summed E-state index contributed by atoms with van der Waals surface area (Å²) in [6, 6.07) is 2.32. The molecule has 1 aliphatic rings. The Labute approximate surface area is 170 Å². The molecule has 4 heterocycles. The lowest BCUT2D eigenvalue weighted by Crippen LogP contribution is -2.50. The topological polar surface area (TPSA) is 87.2 Å². The van der Waals surface area contributed by atoms with Crippen molar-refractivity contribution in [1.82, 2.24) is 24.7 Å². The van der Waals surface area contributed by atoms with Crippen molar-refractivity contribution in [1.29, 1.82) is 0 Å². The van der Waals surface area contributed by atoms with E-state index in [9.17, 15) is 4.79 Å². The van der Waals surface area contributed by atoms with Crippen molar-refractivity contribution >= 4 is 30.3 Å². The minimum atomic E-state index is 0.259. The van der Waals surface area contributed by atoms with E-state index in [1.807, 2.05) is 24.8 Å². The summed E-state index contributed by atoms with van der Waals surface area (Å²) in [5.41, 5.74) is 3.98. The Balaban J connectivity index is 1.65. The fraction of sp³-hybridized carbons (Fsp3) is 0.400. The van der Waals surface area contributed by atoms with Gasteiger partial charge in [-0.1, -0.05) is 0 Å². The van der Waals surface area contributed by atoms with Crippen molar-refractivity contribution in [3.63, 3.8) is 0 Å². The van der Waals surface area contributed by atoms with Gasteiger partial charge in [-0.2, -0.15) is 0 Å². The smallest absolute Gasteiger partial charge is 0.293 e. The number of nitrogens with one attached hydrogen (secondary N) is 1. The second kappa shape index (κ2) is 9.15. The van der Waals surface area contributed by atoms with E-state index in [4.69, 9.17) is 4.74 Å². The van der Waals surface area contributed by atoms with E-state index in [1.165, 1.54) is 6.33 Å². The third-order valence-electron chi connectivity index (χ3n) is 5.44. The molecule has 1 aliphatic heterocycles. The van der Waals surface area contributed by atoms with Gasteiger partial charge in [0.05, 0.1) is 18.2 Å². The van der Waals surface area contributed by atoms with Crippen molar-refractivity contribution in [2.75, 3.05) is 38.3 Å². The summed E-state index contributed by atoms with van der Waals surface area (Å²) in [5, 5.41) is 1.07. The van der Waals surface area contributed by atoms with E-state index in [-0.39, 0.29) is 6.04 Å². The third-order valence-corrected chi connectivity index (χ3v) is 5.44. The molecule has 1 N–H and O–H groups in total. The zero-order valence-electron chi connectivity index (χ0n) is 16.5. The van der Waals surface area contributed by atoms with Gasteiger partial charge in [0.25, 0.3) is 7.41 Å². The molecule has 3 aromatic rings. The summed E-state index contributed by atoms with van der Waals surface area (Å²) in [4.78, 5) is 31.7. The van der Waals surface area contributed by atoms with Crippen LogP contribution in [-0.2, 0) is 9.53 Å². The van der Waals surface area contributed by atoms with Crippen LogP contribution in [0.15, 0.2) is 37.2 Å². The first-order chi connectivity index (χ1) is 14.3. The summed E-state index contributed by atoms with van der Waals surface area (Å²) < 4.78 is 5.22. The van der Waals surface area contributed by atoms with E-state index >= 15 is 0 Å². The molecule has 1 radical (unpaired) electrons. The average molecular weight is 391 g/mol. The Morgan fingerprint density at radius 1 is 1.41 bits per heavy atom. The molecule has 3 aromatic heterocycles.